The van der Waals surface area contributed by atoms with Crippen LogP contribution < -0.4 is 15.8 Å². The van der Waals surface area contributed by atoms with E-state index >= 15 is 0 Å². The van der Waals surface area contributed by atoms with Crippen molar-refractivity contribution in [1.29, 1.82) is 0 Å². The fourth-order valence-electron chi connectivity index (χ4n) is 2.32. The Balaban J connectivity index is 1.83. The number of nitrogens with one attached hydrogen (secondary N) is 1. The van der Waals surface area contributed by atoms with E-state index in [-0.39, 0.29) is 27.3 Å². The molecule has 0 unspecified atom stereocenters. The first-order chi connectivity index (χ1) is 12.8. The fourth-order valence-corrected chi connectivity index (χ4v) is 3.19. The van der Waals surface area contributed by atoms with Gasteiger partial charge in [0.2, 0.25) is 5.78 Å². The molecule has 0 bridgehead atoms. The maximum atomic E-state index is 12.8. The van der Waals surface area contributed by atoms with Gasteiger partial charge >= 0.3 is 6.18 Å². The van der Waals surface area contributed by atoms with Crippen molar-refractivity contribution in [3.8, 4) is 5.75 Å². The molecule has 1 aromatic heterocycles. The van der Waals surface area contributed by atoms with Crippen LogP contribution in [-0.2, 0) is 6.18 Å². The van der Waals surface area contributed by atoms with Crippen molar-refractivity contribution < 1.29 is 22.7 Å². The lowest BCUT2D eigenvalue weighted by molar-refractivity contribution is -0.137. The molecule has 0 saturated heterocycles. The molecule has 140 valence electrons. The second-order valence-corrected chi connectivity index (χ2v) is 6.49. The summed E-state index contributed by atoms with van der Waals surface area (Å²) in [5, 5.41) is 2.98. The van der Waals surface area contributed by atoms with Crippen molar-refractivity contribution in [1.82, 2.24) is 4.98 Å². The number of alkyl halides is 3. The van der Waals surface area contributed by atoms with Crippen LogP contribution in [0.5, 0.6) is 5.75 Å². The molecular weight excluding hydrogens is 379 g/mol. The Kier molecular flexibility index (Phi) is 5.04. The van der Waals surface area contributed by atoms with Crippen molar-refractivity contribution in [2.45, 2.75) is 6.18 Å². The van der Waals surface area contributed by atoms with Gasteiger partial charge in [-0.15, -0.1) is 0 Å². The normalized spacial score (nSPS) is 11.3. The van der Waals surface area contributed by atoms with Gasteiger partial charge in [0.25, 0.3) is 0 Å². The molecule has 3 rings (SSSR count). The Morgan fingerprint density at radius 1 is 1.19 bits per heavy atom. The number of halogens is 3. The largest absolute Gasteiger partial charge is 0.497 e. The first kappa shape index (κ1) is 18.7. The molecule has 0 atom stereocenters. The van der Waals surface area contributed by atoms with Crippen LogP contribution in [0.1, 0.15) is 20.8 Å². The average molecular weight is 393 g/mol. The summed E-state index contributed by atoms with van der Waals surface area (Å²) in [5.41, 5.74) is 5.63. The van der Waals surface area contributed by atoms with Gasteiger partial charge in [0.1, 0.15) is 16.4 Å². The van der Waals surface area contributed by atoms with Gasteiger partial charge in [-0.2, -0.15) is 13.2 Å². The van der Waals surface area contributed by atoms with Gasteiger partial charge in [-0.25, -0.2) is 4.98 Å². The van der Waals surface area contributed by atoms with Crippen LogP contribution in [0, 0.1) is 0 Å². The first-order valence-corrected chi connectivity index (χ1v) is 8.49. The van der Waals surface area contributed by atoms with Gasteiger partial charge < -0.3 is 15.8 Å². The van der Waals surface area contributed by atoms with Gasteiger partial charge in [-0.05, 0) is 42.5 Å². The average Bonchev–Trinajstić information content (AvgIpc) is 3.01. The van der Waals surface area contributed by atoms with Crippen molar-refractivity contribution in [2.75, 3.05) is 18.2 Å². The second kappa shape index (κ2) is 7.28. The molecule has 9 heteroatoms. The number of anilines is 3. The first-order valence-electron chi connectivity index (χ1n) is 7.67. The summed E-state index contributed by atoms with van der Waals surface area (Å²) in [5.74, 6) is 0.288. The Hall–Kier alpha value is -3.07. The maximum absolute atomic E-state index is 12.8. The van der Waals surface area contributed by atoms with Crippen LogP contribution in [0.15, 0.2) is 48.5 Å². The Morgan fingerprint density at radius 2 is 1.89 bits per heavy atom. The number of thiazole rings is 1. The standard InChI is InChI=1S/C18H14F3N3O2S/c1-26-13-7-5-10(6-8-13)14(25)15-16(22)24-17(27-15)23-12-4-2-3-11(9-12)18(19,20)21/h2-9H,22H2,1H3,(H,23,24). The SMILES string of the molecule is COc1ccc(C(=O)c2sc(Nc3cccc(C(F)(F)F)c3)nc2N)cc1. The quantitative estimate of drug-likeness (QED) is 0.613. The molecule has 0 radical (unpaired) electrons. The molecule has 0 spiro atoms. The lowest BCUT2D eigenvalue weighted by atomic mass is 10.1. The van der Waals surface area contributed by atoms with E-state index in [1.54, 1.807) is 24.3 Å². The van der Waals surface area contributed by atoms with E-state index in [1.165, 1.54) is 19.2 Å². The number of methoxy groups -OCH3 is 1. The summed E-state index contributed by atoms with van der Waals surface area (Å²) in [6.07, 6.45) is -4.45. The third-order valence-corrected chi connectivity index (χ3v) is 4.64. The second-order valence-electron chi connectivity index (χ2n) is 5.49. The molecule has 3 N–H and O–H groups in total. The molecule has 0 fully saturated rings. The highest BCUT2D eigenvalue weighted by atomic mass is 32.1. The van der Waals surface area contributed by atoms with Crippen LogP contribution in [0.25, 0.3) is 0 Å². The Morgan fingerprint density at radius 3 is 2.52 bits per heavy atom. The summed E-state index contributed by atoms with van der Waals surface area (Å²) in [6, 6.07) is 11.2. The van der Waals surface area contributed by atoms with E-state index < -0.39 is 11.7 Å². The molecule has 0 saturated carbocycles. The lowest BCUT2D eigenvalue weighted by Crippen LogP contribution is -2.05. The van der Waals surface area contributed by atoms with E-state index in [2.05, 4.69) is 10.3 Å². The molecule has 2 aromatic carbocycles. The molecule has 0 aliphatic carbocycles. The van der Waals surface area contributed by atoms with Crippen molar-refractivity contribution in [3.05, 3.63) is 64.5 Å². The lowest BCUT2D eigenvalue weighted by Gasteiger charge is -2.08. The number of ketones is 1. The van der Waals surface area contributed by atoms with Crippen LogP contribution in [0.4, 0.5) is 29.8 Å². The van der Waals surface area contributed by atoms with E-state index in [0.717, 1.165) is 23.5 Å². The van der Waals surface area contributed by atoms with Crippen molar-refractivity contribution in [2.24, 2.45) is 0 Å². The highest BCUT2D eigenvalue weighted by Gasteiger charge is 2.30. The summed E-state index contributed by atoms with van der Waals surface area (Å²) in [7, 11) is 1.52. The number of nitrogens with two attached hydrogens (primary N) is 1. The van der Waals surface area contributed by atoms with E-state index in [0.29, 0.717) is 11.3 Å². The summed E-state index contributed by atoms with van der Waals surface area (Å²) >= 11 is 0.971. The Bertz CT molecular complexity index is 969. The number of benzene rings is 2. The summed E-state index contributed by atoms with van der Waals surface area (Å²) < 4.78 is 43.5. The van der Waals surface area contributed by atoms with Crippen LogP contribution in [-0.4, -0.2) is 17.9 Å². The van der Waals surface area contributed by atoms with E-state index in [4.69, 9.17) is 10.5 Å². The fraction of sp³-hybridized carbons (Fsp3) is 0.111. The molecule has 0 amide bonds. The summed E-state index contributed by atoms with van der Waals surface area (Å²) in [4.78, 5) is 16.8. The summed E-state index contributed by atoms with van der Waals surface area (Å²) in [6.45, 7) is 0. The predicted molar refractivity (Wildman–Crippen MR) is 97.7 cm³/mol. The minimum Gasteiger partial charge on any atom is -0.497 e. The van der Waals surface area contributed by atoms with Crippen LogP contribution >= 0.6 is 11.3 Å². The van der Waals surface area contributed by atoms with E-state index in [9.17, 15) is 18.0 Å². The van der Waals surface area contributed by atoms with Gasteiger partial charge in [0.05, 0.1) is 12.7 Å². The number of nitrogen functional groups attached to an aromatic ring is 1. The minimum atomic E-state index is -4.45. The highest BCUT2D eigenvalue weighted by molar-refractivity contribution is 7.18. The third kappa shape index (κ3) is 4.20. The number of aromatic nitrogens is 1. The number of carbonyl (C=O) groups is 1. The predicted octanol–water partition coefficient (Wildman–Crippen LogP) is 4.73. The number of hydrogen-bond acceptors (Lipinski definition) is 6. The molecule has 1 heterocycles. The topological polar surface area (TPSA) is 77.2 Å². The van der Waals surface area contributed by atoms with Gasteiger partial charge in [-0.3, -0.25) is 4.79 Å². The van der Waals surface area contributed by atoms with Gasteiger partial charge in [-0.1, -0.05) is 17.4 Å². The van der Waals surface area contributed by atoms with Crippen LogP contribution in [0.2, 0.25) is 0 Å². The molecule has 3 aromatic rings. The highest BCUT2D eigenvalue weighted by Crippen LogP contribution is 2.33. The molecule has 0 aliphatic rings. The van der Waals surface area contributed by atoms with Crippen molar-refractivity contribution >= 4 is 33.8 Å². The minimum absolute atomic E-state index is 0.00953. The zero-order chi connectivity index (χ0) is 19.6. The number of carbonyl (C=O) groups excluding carboxylic acids is 1. The molecule has 27 heavy (non-hydrogen) atoms. The number of nitrogens with zero attached hydrogens (tertiary/aromatic N) is 1. The zero-order valence-electron chi connectivity index (χ0n) is 14.0. The number of hydrogen-bond donors (Lipinski definition) is 2. The van der Waals surface area contributed by atoms with Crippen LogP contribution in [0.3, 0.4) is 0 Å². The van der Waals surface area contributed by atoms with Gasteiger partial charge in [0, 0.05) is 11.3 Å². The smallest absolute Gasteiger partial charge is 0.416 e. The van der Waals surface area contributed by atoms with Gasteiger partial charge in [0.15, 0.2) is 5.13 Å². The number of ether oxygens (including phenoxy) is 1. The monoisotopic (exact) mass is 393 g/mol. The number of rotatable bonds is 5. The molecule has 5 nitrogen and oxygen atoms in total. The maximum Gasteiger partial charge on any atom is 0.416 e. The molecule has 0 aliphatic heterocycles. The van der Waals surface area contributed by atoms with E-state index in [1.807, 2.05) is 0 Å². The zero-order valence-corrected chi connectivity index (χ0v) is 14.8. The molecular formula is C18H14F3N3O2S. The van der Waals surface area contributed by atoms with Crippen molar-refractivity contribution in [3.63, 3.8) is 0 Å². The Labute approximate surface area is 156 Å². The third-order valence-electron chi connectivity index (χ3n) is 3.65.